The van der Waals surface area contributed by atoms with E-state index in [0.29, 0.717) is 11.3 Å². The first kappa shape index (κ1) is 15.4. The van der Waals surface area contributed by atoms with Crippen LogP contribution in [0.5, 0.6) is 0 Å². The van der Waals surface area contributed by atoms with Gasteiger partial charge in [-0.15, -0.1) is 0 Å². The number of hydrogen-bond donors (Lipinski definition) is 2. The van der Waals surface area contributed by atoms with Crippen molar-refractivity contribution in [2.24, 2.45) is 0 Å². The van der Waals surface area contributed by atoms with Gasteiger partial charge in [-0.1, -0.05) is 12.1 Å². The summed E-state index contributed by atoms with van der Waals surface area (Å²) in [5, 5.41) is 11.3. The number of urea groups is 1. The predicted octanol–water partition coefficient (Wildman–Crippen LogP) is 1.81. The molecule has 3 amide bonds. The zero-order valence-corrected chi connectivity index (χ0v) is 12.5. The summed E-state index contributed by atoms with van der Waals surface area (Å²) < 4.78 is 0. The first-order valence-electron chi connectivity index (χ1n) is 7.12. The number of aliphatic carboxylic acids is 1. The lowest BCUT2D eigenvalue weighted by molar-refractivity contribution is -0.136. The van der Waals surface area contributed by atoms with E-state index >= 15 is 0 Å². The lowest BCUT2D eigenvalue weighted by atomic mass is 10.1. The van der Waals surface area contributed by atoms with Crippen LogP contribution >= 0.6 is 0 Å². The number of carbonyl (C=O) groups excluding carboxylic acids is 2. The van der Waals surface area contributed by atoms with Crippen molar-refractivity contribution in [1.82, 2.24) is 10.3 Å². The third kappa shape index (κ3) is 3.14. The molecule has 0 saturated carbocycles. The second-order valence-corrected chi connectivity index (χ2v) is 5.15. The van der Waals surface area contributed by atoms with Crippen molar-refractivity contribution in [2.45, 2.75) is 6.42 Å². The number of nitrogens with zero attached hydrogens (tertiary/aromatic N) is 2. The Morgan fingerprint density at radius 2 is 1.79 bits per heavy atom. The third-order valence-electron chi connectivity index (χ3n) is 3.45. The zero-order valence-electron chi connectivity index (χ0n) is 12.5. The summed E-state index contributed by atoms with van der Waals surface area (Å²) in [7, 11) is 0. The molecule has 120 valence electrons. The molecule has 1 aliphatic rings. The molecule has 3 rings (SSSR count). The number of carboxylic acids is 1. The monoisotopic (exact) mass is 323 g/mol. The van der Waals surface area contributed by atoms with Crippen LogP contribution in [0.3, 0.4) is 0 Å². The maximum atomic E-state index is 12.4. The van der Waals surface area contributed by atoms with E-state index in [1.807, 2.05) is 0 Å². The highest BCUT2D eigenvalue weighted by Gasteiger charge is 2.34. The Labute approximate surface area is 137 Å². The van der Waals surface area contributed by atoms with Crippen molar-refractivity contribution in [3.8, 4) is 0 Å². The maximum Gasteiger partial charge on any atom is 0.333 e. The number of hydrogen-bond acceptors (Lipinski definition) is 4. The Morgan fingerprint density at radius 1 is 1.12 bits per heavy atom. The van der Waals surface area contributed by atoms with Gasteiger partial charge in [-0.2, -0.15) is 0 Å². The average Bonchev–Trinajstić information content (AvgIpc) is 2.83. The molecule has 24 heavy (non-hydrogen) atoms. The number of carboxylic acid groups (broad SMARTS) is 1. The summed E-state index contributed by atoms with van der Waals surface area (Å²) in [5.74, 6) is -1.41. The zero-order chi connectivity index (χ0) is 17.1. The van der Waals surface area contributed by atoms with E-state index in [4.69, 9.17) is 5.11 Å². The molecular weight excluding hydrogens is 310 g/mol. The first-order valence-corrected chi connectivity index (χ1v) is 7.12. The number of pyridine rings is 1. The molecule has 1 fully saturated rings. The summed E-state index contributed by atoms with van der Waals surface area (Å²) >= 11 is 0. The van der Waals surface area contributed by atoms with E-state index in [1.165, 1.54) is 0 Å². The third-order valence-corrected chi connectivity index (χ3v) is 3.45. The van der Waals surface area contributed by atoms with Gasteiger partial charge < -0.3 is 10.4 Å². The molecule has 0 bridgehead atoms. The Morgan fingerprint density at radius 3 is 2.42 bits per heavy atom. The highest BCUT2D eigenvalue weighted by molar-refractivity contribution is 6.28. The molecule has 7 nitrogen and oxygen atoms in total. The number of nitrogens with one attached hydrogen (secondary N) is 1. The van der Waals surface area contributed by atoms with Crippen LogP contribution in [0.4, 0.5) is 10.5 Å². The minimum Gasteiger partial charge on any atom is -0.481 e. The van der Waals surface area contributed by atoms with Gasteiger partial charge in [-0.3, -0.25) is 14.6 Å². The van der Waals surface area contributed by atoms with Crippen LogP contribution in [0.15, 0.2) is 54.5 Å². The lowest BCUT2D eigenvalue weighted by Gasteiger charge is -2.12. The van der Waals surface area contributed by atoms with Gasteiger partial charge in [-0.25, -0.2) is 9.69 Å². The second kappa shape index (κ2) is 6.33. The Bertz CT molecular complexity index is 829. The fourth-order valence-electron chi connectivity index (χ4n) is 2.33. The highest BCUT2D eigenvalue weighted by Crippen LogP contribution is 2.22. The summed E-state index contributed by atoms with van der Waals surface area (Å²) in [5.41, 5.74) is 1.88. The standard InChI is InChI=1S/C17H13N3O4/c21-15(22)10-11-1-3-13(4-2-11)20-16(23)14(19-17(20)24)9-12-5-7-18-8-6-12/h1-9H,10H2,(H,19,24)(H,21,22)/b14-9-. The number of anilines is 1. The van der Waals surface area contributed by atoms with Gasteiger partial charge in [0.1, 0.15) is 5.70 Å². The Kier molecular flexibility index (Phi) is 4.07. The summed E-state index contributed by atoms with van der Waals surface area (Å²) in [4.78, 5) is 40.1. The van der Waals surface area contributed by atoms with Gasteiger partial charge >= 0.3 is 12.0 Å². The number of aromatic nitrogens is 1. The molecule has 1 saturated heterocycles. The van der Waals surface area contributed by atoms with E-state index < -0.39 is 17.9 Å². The number of amides is 3. The largest absolute Gasteiger partial charge is 0.481 e. The van der Waals surface area contributed by atoms with Gasteiger partial charge in [0.05, 0.1) is 12.1 Å². The molecule has 2 N–H and O–H groups in total. The fourth-order valence-corrected chi connectivity index (χ4v) is 2.33. The van der Waals surface area contributed by atoms with Crippen molar-refractivity contribution < 1.29 is 19.5 Å². The maximum absolute atomic E-state index is 12.4. The first-order chi connectivity index (χ1) is 11.5. The van der Waals surface area contributed by atoms with Crippen LogP contribution < -0.4 is 10.2 Å². The molecule has 2 heterocycles. The van der Waals surface area contributed by atoms with Gasteiger partial charge in [0.25, 0.3) is 5.91 Å². The van der Waals surface area contributed by atoms with Crippen LogP contribution in [0.2, 0.25) is 0 Å². The molecule has 2 aromatic rings. The van der Waals surface area contributed by atoms with E-state index in [2.05, 4.69) is 10.3 Å². The van der Waals surface area contributed by atoms with Crippen LogP contribution in [-0.2, 0) is 16.0 Å². The summed E-state index contributed by atoms with van der Waals surface area (Å²) in [6.07, 6.45) is 4.63. The normalized spacial score (nSPS) is 15.7. The van der Waals surface area contributed by atoms with Crippen molar-refractivity contribution in [3.05, 3.63) is 65.6 Å². The topological polar surface area (TPSA) is 99.6 Å². The Balaban J connectivity index is 1.84. The number of benzene rings is 1. The molecule has 0 spiro atoms. The van der Waals surface area contributed by atoms with Gasteiger partial charge in [0.15, 0.2) is 0 Å². The molecule has 7 heteroatoms. The van der Waals surface area contributed by atoms with E-state index in [9.17, 15) is 14.4 Å². The van der Waals surface area contributed by atoms with Crippen molar-refractivity contribution in [3.63, 3.8) is 0 Å². The molecule has 0 atom stereocenters. The van der Waals surface area contributed by atoms with E-state index in [0.717, 1.165) is 10.5 Å². The van der Waals surface area contributed by atoms with Crippen LogP contribution in [-0.4, -0.2) is 28.0 Å². The quantitative estimate of drug-likeness (QED) is 0.660. The van der Waals surface area contributed by atoms with Crippen LogP contribution in [0.1, 0.15) is 11.1 Å². The number of imide groups is 1. The molecule has 1 aromatic heterocycles. The van der Waals surface area contributed by atoms with Crippen molar-refractivity contribution in [1.29, 1.82) is 0 Å². The molecule has 1 aromatic carbocycles. The van der Waals surface area contributed by atoms with Gasteiger partial charge in [0, 0.05) is 12.4 Å². The average molecular weight is 323 g/mol. The molecular formula is C17H13N3O4. The fraction of sp³-hybridized carbons (Fsp3) is 0.0588. The summed E-state index contributed by atoms with van der Waals surface area (Å²) in [6.45, 7) is 0. The van der Waals surface area contributed by atoms with E-state index in [1.54, 1.807) is 54.9 Å². The molecule has 0 radical (unpaired) electrons. The van der Waals surface area contributed by atoms with Crippen molar-refractivity contribution >= 4 is 29.7 Å². The Hall–Kier alpha value is -3.48. The number of rotatable bonds is 4. The molecule has 1 aliphatic heterocycles. The SMILES string of the molecule is O=C(O)Cc1ccc(N2C(=O)N/C(=C\c3ccncc3)C2=O)cc1. The van der Waals surface area contributed by atoms with E-state index in [-0.39, 0.29) is 12.1 Å². The second-order valence-electron chi connectivity index (χ2n) is 5.15. The lowest BCUT2D eigenvalue weighted by Crippen LogP contribution is -2.30. The minimum absolute atomic E-state index is 0.117. The van der Waals surface area contributed by atoms with Crippen LogP contribution in [0.25, 0.3) is 6.08 Å². The highest BCUT2D eigenvalue weighted by atomic mass is 16.4. The smallest absolute Gasteiger partial charge is 0.333 e. The minimum atomic E-state index is -0.944. The summed E-state index contributed by atoms with van der Waals surface area (Å²) in [6, 6.07) is 9.14. The van der Waals surface area contributed by atoms with Crippen molar-refractivity contribution in [2.75, 3.05) is 4.90 Å². The predicted molar refractivity (Wildman–Crippen MR) is 86.0 cm³/mol. The molecule has 0 aliphatic carbocycles. The van der Waals surface area contributed by atoms with Gasteiger partial charge in [0.2, 0.25) is 0 Å². The van der Waals surface area contributed by atoms with Gasteiger partial charge in [-0.05, 0) is 41.5 Å². The van der Waals surface area contributed by atoms with Crippen LogP contribution in [0, 0.1) is 0 Å². The number of carbonyl (C=O) groups is 3. The molecule has 0 unspecified atom stereocenters.